The quantitative estimate of drug-likeness (QED) is 0.529. The normalized spacial score (nSPS) is 10.7. The molecule has 1 radical (unpaired) electrons. The minimum Gasteiger partial charge on any atom is -0.270 e. The largest absolute Gasteiger partial charge is 0.344 e. The van der Waals surface area contributed by atoms with Gasteiger partial charge in [0.25, 0.3) is 10.0 Å². The van der Waals surface area contributed by atoms with Gasteiger partial charge in [0.15, 0.2) is 0 Å². The van der Waals surface area contributed by atoms with Crippen LogP contribution in [-0.2, 0) is 14.8 Å². The number of rotatable bonds is 4. The van der Waals surface area contributed by atoms with Crippen molar-refractivity contribution >= 4 is 15.6 Å². The highest BCUT2D eigenvalue weighted by Gasteiger charge is 2.04. The Kier molecular flexibility index (Phi) is 3.11. The fraction of sp³-hybridized carbons (Fsp3) is 0.250. The van der Waals surface area contributed by atoms with Crippen LogP contribution in [0, 0.1) is 0 Å². The molecule has 0 saturated carbocycles. The summed E-state index contributed by atoms with van der Waals surface area (Å²) < 4.78 is 22.2. The van der Waals surface area contributed by atoms with Crippen molar-refractivity contribution in [1.82, 2.24) is 4.72 Å². The molecule has 0 unspecified atom stereocenters. The Hall–Kier alpha value is -0.680. The van der Waals surface area contributed by atoms with Crippen LogP contribution in [0.1, 0.15) is 0 Å². The molecule has 0 saturated heterocycles. The summed E-state index contributed by atoms with van der Waals surface area (Å²) in [6, 6.07) is 0. The third-order valence-electron chi connectivity index (χ3n) is 0.527. The maximum atomic E-state index is 10.2. The zero-order valence-electron chi connectivity index (χ0n) is 4.62. The van der Waals surface area contributed by atoms with Gasteiger partial charge in [-0.2, -0.15) is 0 Å². The molecule has 4 nitrogen and oxygen atoms in total. The van der Waals surface area contributed by atoms with Gasteiger partial charge in [0.1, 0.15) is 0 Å². The Bertz CT molecular complexity index is 194. The molecular formula is C4H6NO3S. The lowest BCUT2D eigenvalue weighted by atomic mass is 10.7. The van der Waals surface area contributed by atoms with Gasteiger partial charge < -0.3 is 0 Å². The fourth-order valence-electron chi connectivity index (χ4n) is 0.198. The van der Waals surface area contributed by atoms with Crippen molar-refractivity contribution in [1.29, 1.82) is 0 Å². The molecule has 0 heterocycles. The molecule has 0 amide bonds. The maximum absolute atomic E-state index is 10.2. The van der Waals surface area contributed by atoms with Crippen molar-refractivity contribution in [2.45, 2.75) is 0 Å². The molecule has 0 rings (SSSR count). The molecule has 0 spiro atoms. The van der Waals surface area contributed by atoms with Crippen molar-refractivity contribution in [3.63, 3.8) is 0 Å². The third kappa shape index (κ3) is 3.87. The smallest absolute Gasteiger partial charge is 0.270 e. The van der Waals surface area contributed by atoms with Gasteiger partial charge in [-0.15, -0.1) is 6.58 Å². The zero-order chi connectivity index (χ0) is 7.33. The molecule has 0 bridgehead atoms. The van der Waals surface area contributed by atoms with E-state index in [4.69, 9.17) is 0 Å². The summed E-state index contributed by atoms with van der Waals surface area (Å²) in [6.07, 6.45) is 1.33. The summed E-state index contributed by atoms with van der Waals surface area (Å²) in [4.78, 5) is 9.52. The minimum atomic E-state index is -3.81. The van der Waals surface area contributed by atoms with E-state index in [0.717, 1.165) is 5.62 Å². The number of nitrogens with one attached hydrogen (secondary N) is 1. The molecule has 0 aliphatic rings. The SMILES string of the molecule is C=CCNS(=O)(=O)[C]=O. The van der Waals surface area contributed by atoms with Crippen LogP contribution in [0.2, 0.25) is 0 Å². The van der Waals surface area contributed by atoms with Crippen molar-refractivity contribution in [3.05, 3.63) is 12.7 Å². The van der Waals surface area contributed by atoms with Crippen molar-refractivity contribution < 1.29 is 13.2 Å². The minimum absolute atomic E-state index is 0.0531. The summed E-state index contributed by atoms with van der Waals surface area (Å²) in [5, 5.41) is 0. The Balaban J connectivity index is 3.89. The van der Waals surface area contributed by atoms with Crippen LogP contribution < -0.4 is 4.72 Å². The molecule has 9 heavy (non-hydrogen) atoms. The van der Waals surface area contributed by atoms with Gasteiger partial charge in [0.05, 0.1) is 0 Å². The summed E-state index contributed by atoms with van der Waals surface area (Å²) in [7, 11) is -3.81. The predicted octanol–water partition coefficient (Wildman–Crippen LogP) is -0.841. The average Bonchev–Trinajstić information content (AvgIpc) is 1.84. The highest BCUT2D eigenvalue weighted by atomic mass is 32.2. The lowest BCUT2D eigenvalue weighted by molar-refractivity contribution is 0.553. The van der Waals surface area contributed by atoms with E-state index in [1.54, 1.807) is 0 Å². The van der Waals surface area contributed by atoms with E-state index in [0.29, 0.717) is 0 Å². The topological polar surface area (TPSA) is 63.2 Å². The van der Waals surface area contributed by atoms with Gasteiger partial charge in [0.2, 0.25) is 0 Å². The van der Waals surface area contributed by atoms with Crippen LogP contribution in [0.4, 0.5) is 0 Å². The zero-order valence-corrected chi connectivity index (χ0v) is 5.44. The maximum Gasteiger partial charge on any atom is 0.344 e. The second kappa shape index (κ2) is 3.37. The van der Waals surface area contributed by atoms with Gasteiger partial charge in [-0.25, -0.2) is 13.1 Å². The number of sulfonamides is 1. The Morgan fingerprint density at radius 2 is 2.22 bits per heavy atom. The Morgan fingerprint density at radius 1 is 1.67 bits per heavy atom. The van der Waals surface area contributed by atoms with Gasteiger partial charge in [-0.1, -0.05) is 6.08 Å². The first kappa shape index (κ1) is 8.32. The van der Waals surface area contributed by atoms with E-state index in [1.165, 1.54) is 6.08 Å². The molecular weight excluding hydrogens is 142 g/mol. The van der Waals surface area contributed by atoms with Crippen molar-refractivity contribution in [2.24, 2.45) is 0 Å². The van der Waals surface area contributed by atoms with E-state index in [9.17, 15) is 13.2 Å². The summed E-state index contributed by atoms with van der Waals surface area (Å²) in [6.45, 7) is 3.29. The highest BCUT2D eigenvalue weighted by molar-refractivity contribution is 8.02. The van der Waals surface area contributed by atoms with E-state index < -0.39 is 10.0 Å². The van der Waals surface area contributed by atoms with Crippen LogP contribution in [0.3, 0.4) is 0 Å². The number of hydrogen-bond donors (Lipinski definition) is 1. The number of carbonyl (C=O) groups excluding carboxylic acids is 1. The number of hydrogen-bond acceptors (Lipinski definition) is 3. The Labute approximate surface area is 53.6 Å². The first-order valence-electron chi connectivity index (χ1n) is 2.12. The third-order valence-corrected chi connectivity index (χ3v) is 1.29. The molecule has 51 valence electrons. The molecule has 5 heteroatoms. The van der Waals surface area contributed by atoms with Gasteiger partial charge in [-0.3, -0.25) is 4.79 Å². The molecule has 0 aromatic carbocycles. The average molecular weight is 148 g/mol. The molecule has 0 aliphatic carbocycles. The van der Waals surface area contributed by atoms with Crippen molar-refractivity contribution in [3.8, 4) is 0 Å². The highest BCUT2D eigenvalue weighted by Crippen LogP contribution is 1.72. The second-order valence-corrected chi connectivity index (χ2v) is 2.69. The van der Waals surface area contributed by atoms with E-state index in [2.05, 4.69) is 6.58 Å². The summed E-state index contributed by atoms with van der Waals surface area (Å²) >= 11 is 0. The predicted molar refractivity (Wildman–Crippen MR) is 32.8 cm³/mol. The standard InChI is InChI=1S/C4H6NO3S/c1-2-3-5-9(7,8)4-6/h2,5H,1,3H2. The van der Waals surface area contributed by atoms with E-state index in [-0.39, 0.29) is 6.54 Å². The van der Waals surface area contributed by atoms with Crippen LogP contribution in [-0.4, -0.2) is 20.6 Å². The summed E-state index contributed by atoms with van der Waals surface area (Å²) in [5.41, 5.74) is 0.839. The molecule has 0 fully saturated rings. The van der Waals surface area contributed by atoms with E-state index in [1.807, 2.05) is 4.72 Å². The van der Waals surface area contributed by atoms with Gasteiger partial charge in [0, 0.05) is 6.54 Å². The van der Waals surface area contributed by atoms with Crippen LogP contribution in [0.5, 0.6) is 0 Å². The first-order valence-corrected chi connectivity index (χ1v) is 3.60. The van der Waals surface area contributed by atoms with Gasteiger partial charge in [-0.05, 0) is 0 Å². The molecule has 0 atom stereocenters. The fourth-order valence-corrected chi connectivity index (χ4v) is 0.594. The molecule has 0 aliphatic heterocycles. The molecule has 0 aromatic rings. The monoisotopic (exact) mass is 148 g/mol. The van der Waals surface area contributed by atoms with Crippen LogP contribution in [0.25, 0.3) is 0 Å². The second-order valence-electron chi connectivity index (χ2n) is 1.22. The van der Waals surface area contributed by atoms with Crippen LogP contribution >= 0.6 is 0 Å². The molecule has 1 N–H and O–H groups in total. The summed E-state index contributed by atoms with van der Waals surface area (Å²) in [5.74, 6) is 0. The lowest BCUT2D eigenvalue weighted by Gasteiger charge is -1.90. The first-order chi connectivity index (χ1) is 4.12. The lowest BCUT2D eigenvalue weighted by Crippen LogP contribution is -2.23. The van der Waals surface area contributed by atoms with Crippen LogP contribution in [0.15, 0.2) is 12.7 Å². The molecule has 0 aromatic heterocycles. The van der Waals surface area contributed by atoms with Gasteiger partial charge >= 0.3 is 5.62 Å². The Morgan fingerprint density at radius 3 is 2.56 bits per heavy atom. The van der Waals surface area contributed by atoms with Crippen molar-refractivity contribution in [2.75, 3.05) is 6.54 Å². The van der Waals surface area contributed by atoms with E-state index >= 15 is 0 Å².